The third-order valence-corrected chi connectivity index (χ3v) is 2.69. The highest BCUT2D eigenvalue weighted by molar-refractivity contribution is 9.10. The van der Waals surface area contributed by atoms with E-state index in [1.165, 1.54) is 0 Å². The predicted molar refractivity (Wildman–Crippen MR) is 72.9 cm³/mol. The summed E-state index contributed by atoms with van der Waals surface area (Å²) in [5.74, 6) is -0.00588. The number of hydrogen-bond acceptors (Lipinski definition) is 3. The summed E-state index contributed by atoms with van der Waals surface area (Å²) in [6, 6.07) is 1.76. The Kier molecular flexibility index (Phi) is 5.08. The molecule has 1 rings (SSSR count). The number of aromatic nitrogens is 1. The Morgan fingerprint density at radius 2 is 2.18 bits per heavy atom. The van der Waals surface area contributed by atoms with E-state index in [2.05, 4.69) is 52.3 Å². The summed E-state index contributed by atoms with van der Waals surface area (Å²) < 4.78 is 0.789. The van der Waals surface area contributed by atoms with E-state index < -0.39 is 0 Å². The van der Waals surface area contributed by atoms with Gasteiger partial charge in [0, 0.05) is 30.9 Å². The van der Waals surface area contributed by atoms with Crippen molar-refractivity contribution in [1.29, 1.82) is 0 Å². The molecule has 1 aromatic rings. The number of nitrogens with one attached hydrogen (secondary N) is 2. The van der Waals surface area contributed by atoms with E-state index in [0.717, 1.165) is 10.2 Å². The van der Waals surface area contributed by atoms with E-state index in [1.807, 2.05) is 0 Å². The van der Waals surface area contributed by atoms with Crippen molar-refractivity contribution in [2.24, 2.45) is 0 Å². The Labute approximate surface area is 110 Å². The molecule has 0 saturated carbocycles. The van der Waals surface area contributed by atoms with Crippen LogP contribution in [0.4, 0.5) is 5.69 Å². The molecule has 0 aliphatic heterocycles. The molecular weight excluding hydrogens is 282 g/mol. The minimum atomic E-state index is -0.00588. The lowest BCUT2D eigenvalue weighted by Crippen LogP contribution is -2.37. The summed E-state index contributed by atoms with van der Waals surface area (Å²) in [5.41, 5.74) is 0.790. The summed E-state index contributed by atoms with van der Waals surface area (Å²) in [6.45, 7) is 6.89. The first kappa shape index (κ1) is 14.1. The van der Waals surface area contributed by atoms with Crippen LogP contribution in [-0.2, 0) is 4.79 Å². The van der Waals surface area contributed by atoms with E-state index in [4.69, 9.17) is 0 Å². The zero-order valence-corrected chi connectivity index (χ0v) is 12.0. The quantitative estimate of drug-likeness (QED) is 0.898. The van der Waals surface area contributed by atoms with Crippen LogP contribution in [0.5, 0.6) is 0 Å². The molecule has 0 saturated heterocycles. The van der Waals surface area contributed by atoms with Gasteiger partial charge in [0.1, 0.15) is 0 Å². The highest BCUT2D eigenvalue weighted by atomic mass is 79.9. The number of rotatable bonds is 4. The Hall–Kier alpha value is -0.940. The number of nitrogens with zero attached hydrogens (tertiary/aromatic N) is 1. The van der Waals surface area contributed by atoms with Crippen molar-refractivity contribution in [1.82, 2.24) is 10.3 Å². The van der Waals surface area contributed by atoms with Gasteiger partial charge in [0.25, 0.3) is 0 Å². The van der Waals surface area contributed by atoms with Gasteiger partial charge in [0.05, 0.1) is 10.2 Å². The van der Waals surface area contributed by atoms with Crippen LogP contribution >= 0.6 is 15.9 Å². The molecule has 0 unspecified atom stereocenters. The molecule has 1 aromatic heterocycles. The van der Waals surface area contributed by atoms with Crippen LogP contribution in [-0.4, -0.2) is 23.0 Å². The molecule has 0 bridgehead atoms. The van der Waals surface area contributed by atoms with Crippen LogP contribution in [0.2, 0.25) is 0 Å². The third-order valence-electron chi connectivity index (χ3n) is 2.05. The second-order valence-electron chi connectivity index (χ2n) is 4.83. The van der Waals surface area contributed by atoms with Gasteiger partial charge in [-0.25, -0.2) is 0 Å². The topological polar surface area (TPSA) is 54.0 Å². The van der Waals surface area contributed by atoms with Crippen molar-refractivity contribution in [2.45, 2.75) is 32.7 Å². The highest BCUT2D eigenvalue weighted by Crippen LogP contribution is 2.19. The van der Waals surface area contributed by atoms with E-state index in [9.17, 15) is 4.79 Å². The van der Waals surface area contributed by atoms with Gasteiger partial charge in [0.2, 0.25) is 5.91 Å². The maximum Gasteiger partial charge on any atom is 0.225 e. The van der Waals surface area contributed by atoms with Crippen LogP contribution in [0, 0.1) is 0 Å². The van der Waals surface area contributed by atoms with Gasteiger partial charge in [-0.2, -0.15) is 0 Å². The molecule has 0 spiro atoms. The molecule has 1 amide bonds. The largest absolute Gasteiger partial charge is 0.325 e. The van der Waals surface area contributed by atoms with Crippen molar-refractivity contribution in [3.8, 4) is 0 Å². The van der Waals surface area contributed by atoms with Crippen LogP contribution in [0.3, 0.4) is 0 Å². The fourth-order valence-electron chi connectivity index (χ4n) is 1.24. The summed E-state index contributed by atoms with van der Waals surface area (Å²) >= 11 is 3.33. The number of halogens is 1. The highest BCUT2D eigenvalue weighted by Gasteiger charge is 2.10. The fourth-order valence-corrected chi connectivity index (χ4v) is 1.59. The van der Waals surface area contributed by atoms with Gasteiger partial charge < -0.3 is 10.6 Å². The maximum absolute atomic E-state index is 11.7. The first-order valence-electron chi connectivity index (χ1n) is 5.53. The summed E-state index contributed by atoms with van der Waals surface area (Å²) in [7, 11) is 0. The molecule has 5 heteroatoms. The van der Waals surface area contributed by atoms with Crippen molar-refractivity contribution >= 4 is 27.5 Å². The molecular formula is C12H18BrN3O. The molecule has 17 heavy (non-hydrogen) atoms. The summed E-state index contributed by atoms with van der Waals surface area (Å²) in [6.07, 6.45) is 3.75. The average Bonchev–Trinajstić information content (AvgIpc) is 2.19. The van der Waals surface area contributed by atoms with Crippen LogP contribution in [0.25, 0.3) is 0 Å². The number of hydrogen-bond donors (Lipinski definition) is 2. The van der Waals surface area contributed by atoms with Crippen molar-refractivity contribution in [3.63, 3.8) is 0 Å². The minimum absolute atomic E-state index is 0.00588. The molecule has 0 radical (unpaired) electrons. The zero-order valence-electron chi connectivity index (χ0n) is 10.4. The van der Waals surface area contributed by atoms with Crippen LogP contribution < -0.4 is 10.6 Å². The zero-order chi connectivity index (χ0) is 12.9. The molecule has 4 nitrogen and oxygen atoms in total. The summed E-state index contributed by atoms with van der Waals surface area (Å²) in [5, 5.41) is 6.10. The van der Waals surface area contributed by atoms with Crippen molar-refractivity contribution in [2.75, 3.05) is 11.9 Å². The molecule has 0 aliphatic carbocycles. The normalized spacial score (nSPS) is 11.3. The van der Waals surface area contributed by atoms with Gasteiger partial charge in [-0.05, 0) is 42.8 Å². The summed E-state index contributed by atoms with van der Waals surface area (Å²) in [4.78, 5) is 15.6. The van der Waals surface area contributed by atoms with Gasteiger partial charge in [-0.1, -0.05) is 0 Å². The van der Waals surface area contributed by atoms with Gasteiger partial charge in [0.15, 0.2) is 0 Å². The second-order valence-corrected chi connectivity index (χ2v) is 5.68. The Morgan fingerprint density at radius 3 is 2.76 bits per heavy atom. The predicted octanol–water partition coefficient (Wildman–Crippen LogP) is 2.56. The maximum atomic E-state index is 11.7. The van der Waals surface area contributed by atoms with Gasteiger partial charge >= 0.3 is 0 Å². The van der Waals surface area contributed by atoms with Crippen LogP contribution in [0.1, 0.15) is 27.2 Å². The molecule has 0 atom stereocenters. The molecule has 0 aromatic carbocycles. The lowest BCUT2D eigenvalue weighted by atomic mass is 10.1. The Balaban J connectivity index is 2.38. The first-order chi connectivity index (χ1) is 7.88. The lowest BCUT2D eigenvalue weighted by molar-refractivity contribution is -0.116. The molecule has 2 N–H and O–H groups in total. The minimum Gasteiger partial charge on any atom is -0.325 e. The average molecular weight is 300 g/mol. The van der Waals surface area contributed by atoms with Gasteiger partial charge in [-0.3, -0.25) is 9.78 Å². The number of amides is 1. The third kappa shape index (κ3) is 5.79. The van der Waals surface area contributed by atoms with Crippen molar-refractivity contribution in [3.05, 3.63) is 22.9 Å². The van der Waals surface area contributed by atoms with E-state index in [0.29, 0.717) is 13.0 Å². The lowest BCUT2D eigenvalue weighted by Gasteiger charge is -2.20. The van der Waals surface area contributed by atoms with Crippen molar-refractivity contribution < 1.29 is 4.79 Å². The van der Waals surface area contributed by atoms with E-state index >= 15 is 0 Å². The smallest absolute Gasteiger partial charge is 0.225 e. The van der Waals surface area contributed by atoms with E-state index in [-0.39, 0.29) is 11.4 Å². The van der Waals surface area contributed by atoms with E-state index in [1.54, 1.807) is 18.5 Å². The SMILES string of the molecule is CC(C)(C)NCCC(=O)Nc1ccncc1Br. The Morgan fingerprint density at radius 1 is 1.47 bits per heavy atom. The first-order valence-corrected chi connectivity index (χ1v) is 6.32. The number of carbonyl (C=O) groups excluding carboxylic acids is 1. The number of carbonyl (C=O) groups is 1. The molecule has 94 valence electrons. The molecule has 0 aliphatic rings. The molecule has 1 heterocycles. The second kappa shape index (κ2) is 6.12. The van der Waals surface area contributed by atoms with Gasteiger partial charge in [-0.15, -0.1) is 0 Å². The standard InChI is InChI=1S/C12H18BrN3O/c1-12(2,3)15-7-5-11(17)16-10-4-6-14-8-9(10)13/h4,6,8,15H,5,7H2,1-3H3,(H,14,16,17). The Bertz CT molecular complexity index is 388. The molecule has 0 fully saturated rings. The monoisotopic (exact) mass is 299 g/mol. The van der Waals surface area contributed by atoms with Crippen LogP contribution in [0.15, 0.2) is 22.9 Å². The fraction of sp³-hybridized carbons (Fsp3) is 0.500. The number of pyridine rings is 1. The number of anilines is 1.